The highest BCUT2D eigenvalue weighted by atomic mass is 16.5. The lowest BCUT2D eigenvalue weighted by molar-refractivity contribution is 0.0816. The largest absolute Gasteiger partial charge is 0.496 e. The van der Waals surface area contributed by atoms with Gasteiger partial charge < -0.3 is 14.4 Å². The summed E-state index contributed by atoms with van der Waals surface area (Å²) in [6.45, 7) is 13.1. The molecular weight excluding hydrogens is 384 g/mol. The Hall–Kier alpha value is -3.01. The molecule has 1 unspecified atom stereocenters. The minimum Gasteiger partial charge on any atom is -0.496 e. The average Bonchev–Trinajstić information content (AvgIpc) is 2.89. The number of hydrogen-bond donors (Lipinski definition) is 0. The molecule has 31 heavy (non-hydrogen) atoms. The van der Waals surface area contributed by atoms with Gasteiger partial charge in [-0.3, -0.25) is 4.99 Å². The van der Waals surface area contributed by atoms with Crippen molar-refractivity contribution in [3.8, 4) is 11.5 Å². The van der Waals surface area contributed by atoms with E-state index in [1.165, 1.54) is 22.4 Å². The number of rotatable bonds is 1. The van der Waals surface area contributed by atoms with Gasteiger partial charge in [-0.05, 0) is 99.0 Å². The molecule has 0 saturated heterocycles. The van der Waals surface area contributed by atoms with Crippen LogP contribution < -0.4 is 14.4 Å². The van der Waals surface area contributed by atoms with Crippen molar-refractivity contribution < 1.29 is 9.47 Å². The summed E-state index contributed by atoms with van der Waals surface area (Å²) < 4.78 is 12.5. The van der Waals surface area contributed by atoms with Gasteiger partial charge in [0.25, 0.3) is 0 Å². The van der Waals surface area contributed by atoms with Crippen LogP contribution in [0.15, 0.2) is 35.3 Å². The molecule has 0 bridgehead atoms. The highest BCUT2D eigenvalue weighted by molar-refractivity contribution is 6.01. The molecule has 1 spiro atoms. The Morgan fingerprint density at radius 3 is 2.39 bits per heavy atom. The van der Waals surface area contributed by atoms with Gasteiger partial charge in [-0.1, -0.05) is 6.07 Å². The summed E-state index contributed by atoms with van der Waals surface area (Å²) in [5.41, 5.74) is 7.29. The molecule has 2 aliphatic rings. The third kappa shape index (κ3) is 2.39. The normalized spacial score (nSPS) is 20.7. The standard InChI is InChI=1S/C27H30N2O2/c1-15-9-10-21-23(18(15)4)26(5,6)27(29(21)7)14-28-24-20-13-22(30-8)16(2)11-19(20)12-17(3)25(24)31-27/h9-14H,1-8H3. The fourth-order valence-electron chi connectivity index (χ4n) is 5.54. The van der Waals surface area contributed by atoms with Crippen LogP contribution in [0.3, 0.4) is 0 Å². The molecule has 0 radical (unpaired) electrons. The lowest BCUT2D eigenvalue weighted by Gasteiger charge is -2.45. The number of nitrogens with zero attached hydrogens (tertiary/aromatic N) is 2. The number of aliphatic imine (C=N–C) groups is 1. The second-order valence-electron chi connectivity index (χ2n) is 9.56. The van der Waals surface area contributed by atoms with Crippen LogP contribution in [0.1, 0.15) is 41.7 Å². The number of aryl methyl sites for hydroxylation is 3. The number of fused-ring (bicyclic) bond motifs is 4. The van der Waals surface area contributed by atoms with Crippen molar-refractivity contribution in [2.75, 3.05) is 19.1 Å². The lowest BCUT2D eigenvalue weighted by atomic mass is 9.75. The van der Waals surface area contributed by atoms with E-state index in [4.69, 9.17) is 14.5 Å². The van der Waals surface area contributed by atoms with Crippen LogP contribution in [-0.2, 0) is 5.41 Å². The number of hydrogen-bond acceptors (Lipinski definition) is 4. The van der Waals surface area contributed by atoms with Crippen molar-refractivity contribution in [2.24, 2.45) is 4.99 Å². The second kappa shape index (κ2) is 6.25. The van der Waals surface area contributed by atoms with Gasteiger partial charge in [-0.2, -0.15) is 0 Å². The van der Waals surface area contributed by atoms with E-state index >= 15 is 0 Å². The average molecular weight is 415 g/mol. The van der Waals surface area contributed by atoms with Crippen molar-refractivity contribution in [1.82, 2.24) is 0 Å². The quantitative estimate of drug-likeness (QED) is 0.468. The summed E-state index contributed by atoms with van der Waals surface area (Å²) in [6, 6.07) is 10.8. The number of anilines is 1. The Balaban J connectivity index is 1.74. The van der Waals surface area contributed by atoms with E-state index in [0.717, 1.165) is 39.1 Å². The topological polar surface area (TPSA) is 34.1 Å². The molecule has 0 amide bonds. The first kappa shape index (κ1) is 19.9. The molecule has 1 atom stereocenters. The molecular formula is C27H30N2O2. The summed E-state index contributed by atoms with van der Waals surface area (Å²) in [7, 11) is 3.82. The summed E-state index contributed by atoms with van der Waals surface area (Å²) in [4.78, 5) is 7.31. The summed E-state index contributed by atoms with van der Waals surface area (Å²) in [5.74, 6) is 1.72. The molecule has 160 valence electrons. The maximum Gasteiger partial charge on any atom is 0.228 e. The number of ether oxygens (including phenoxy) is 2. The Morgan fingerprint density at radius 2 is 1.68 bits per heavy atom. The molecule has 0 fully saturated rings. The van der Waals surface area contributed by atoms with Gasteiger partial charge in [0.05, 0.1) is 18.7 Å². The SMILES string of the molecule is COc1cc2c3c(c(C)cc2cc1C)OC1(C=N3)N(C)c2ccc(C)c(C)c2C1(C)C. The van der Waals surface area contributed by atoms with Gasteiger partial charge in [-0.25, -0.2) is 0 Å². The van der Waals surface area contributed by atoms with Gasteiger partial charge in [0.2, 0.25) is 5.72 Å². The molecule has 3 aromatic carbocycles. The molecule has 2 aliphatic heterocycles. The summed E-state index contributed by atoms with van der Waals surface area (Å²) >= 11 is 0. The number of benzene rings is 3. The predicted molar refractivity (Wildman–Crippen MR) is 129 cm³/mol. The first-order valence-corrected chi connectivity index (χ1v) is 10.8. The minimum absolute atomic E-state index is 0.277. The van der Waals surface area contributed by atoms with Crippen molar-refractivity contribution >= 4 is 28.4 Å². The van der Waals surface area contributed by atoms with E-state index in [1.807, 2.05) is 6.21 Å². The zero-order valence-electron chi connectivity index (χ0n) is 19.7. The molecule has 0 saturated carbocycles. The molecule has 4 heteroatoms. The van der Waals surface area contributed by atoms with Crippen LogP contribution >= 0.6 is 0 Å². The van der Waals surface area contributed by atoms with Crippen LogP contribution in [0.4, 0.5) is 11.4 Å². The van der Waals surface area contributed by atoms with Gasteiger partial charge in [0.1, 0.15) is 11.4 Å². The van der Waals surface area contributed by atoms with Gasteiger partial charge in [0, 0.05) is 18.1 Å². The Labute approximate surface area is 184 Å². The summed E-state index contributed by atoms with van der Waals surface area (Å²) in [6.07, 6.45) is 2.01. The highest BCUT2D eigenvalue weighted by Gasteiger charge is 2.59. The zero-order chi connectivity index (χ0) is 22.3. The highest BCUT2D eigenvalue weighted by Crippen LogP contribution is 2.56. The Bertz CT molecular complexity index is 1290. The minimum atomic E-state index is -0.686. The second-order valence-corrected chi connectivity index (χ2v) is 9.56. The fourth-order valence-corrected chi connectivity index (χ4v) is 5.54. The smallest absolute Gasteiger partial charge is 0.228 e. The first-order chi connectivity index (χ1) is 14.6. The third-order valence-corrected chi connectivity index (χ3v) is 7.49. The Kier molecular flexibility index (Phi) is 4.02. The first-order valence-electron chi connectivity index (χ1n) is 10.8. The van der Waals surface area contributed by atoms with Crippen LogP contribution in [0.2, 0.25) is 0 Å². The zero-order valence-corrected chi connectivity index (χ0v) is 19.7. The molecule has 2 heterocycles. The maximum atomic E-state index is 6.96. The Morgan fingerprint density at radius 1 is 0.968 bits per heavy atom. The van der Waals surface area contributed by atoms with E-state index in [9.17, 15) is 0 Å². The fraction of sp³-hybridized carbons (Fsp3) is 0.370. The lowest BCUT2D eigenvalue weighted by Crippen LogP contribution is -2.61. The third-order valence-electron chi connectivity index (χ3n) is 7.49. The van der Waals surface area contributed by atoms with Gasteiger partial charge in [-0.15, -0.1) is 0 Å². The van der Waals surface area contributed by atoms with E-state index < -0.39 is 5.72 Å². The van der Waals surface area contributed by atoms with Crippen molar-refractivity contribution in [1.29, 1.82) is 0 Å². The molecule has 0 N–H and O–H groups in total. The van der Waals surface area contributed by atoms with Crippen LogP contribution in [0.25, 0.3) is 10.8 Å². The maximum absolute atomic E-state index is 6.96. The van der Waals surface area contributed by atoms with Crippen molar-refractivity contribution in [3.05, 3.63) is 58.1 Å². The van der Waals surface area contributed by atoms with E-state index in [0.29, 0.717) is 0 Å². The van der Waals surface area contributed by atoms with Gasteiger partial charge in [0.15, 0.2) is 5.75 Å². The van der Waals surface area contributed by atoms with Crippen molar-refractivity contribution in [2.45, 2.75) is 52.7 Å². The molecule has 0 aromatic heterocycles. The van der Waals surface area contributed by atoms with Crippen LogP contribution in [0.5, 0.6) is 11.5 Å². The molecule has 5 rings (SSSR count). The van der Waals surface area contributed by atoms with Crippen LogP contribution in [0, 0.1) is 27.7 Å². The molecule has 0 aliphatic carbocycles. The predicted octanol–water partition coefficient (Wildman–Crippen LogP) is 6.30. The molecule has 3 aromatic rings. The van der Waals surface area contributed by atoms with E-state index in [2.05, 4.69) is 83.8 Å². The molecule has 4 nitrogen and oxygen atoms in total. The van der Waals surface area contributed by atoms with E-state index in [-0.39, 0.29) is 5.41 Å². The number of likely N-dealkylation sites (N-methyl/N-ethyl adjacent to an activating group) is 1. The van der Waals surface area contributed by atoms with Gasteiger partial charge >= 0.3 is 0 Å². The summed E-state index contributed by atoms with van der Waals surface area (Å²) in [5, 5.41) is 2.21. The van der Waals surface area contributed by atoms with Crippen LogP contribution in [-0.4, -0.2) is 26.1 Å². The number of methoxy groups -OCH3 is 1. The van der Waals surface area contributed by atoms with E-state index in [1.54, 1.807) is 7.11 Å². The monoisotopic (exact) mass is 414 g/mol. The van der Waals surface area contributed by atoms with Crippen molar-refractivity contribution in [3.63, 3.8) is 0 Å².